The Kier molecular flexibility index (Phi) is 5.08. The van der Waals surface area contributed by atoms with Crippen LogP contribution in [0.3, 0.4) is 0 Å². The van der Waals surface area contributed by atoms with Crippen LogP contribution in [0, 0.1) is 0 Å². The summed E-state index contributed by atoms with van der Waals surface area (Å²) in [7, 11) is 0. The van der Waals surface area contributed by atoms with Crippen molar-refractivity contribution in [3.63, 3.8) is 0 Å². The second-order valence-corrected chi connectivity index (χ2v) is 2.98. The van der Waals surface area contributed by atoms with Gasteiger partial charge in [0.15, 0.2) is 0 Å². The molecule has 0 aliphatic heterocycles. The summed E-state index contributed by atoms with van der Waals surface area (Å²) in [5.74, 6) is -1.45. The van der Waals surface area contributed by atoms with Gasteiger partial charge in [0, 0.05) is 12.2 Å². The maximum absolute atomic E-state index is 11.1. The van der Waals surface area contributed by atoms with Gasteiger partial charge < -0.3 is 9.03 Å². The van der Waals surface area contributed by atoms with Crippen molar-refractivity contribution in [2.24, 2.45) is 0 Å². The topological polar surface area (TPSA) is 52.6 Å². The second-order valence-electron chi connectivity index (χ2n) is 2.82. The molecular formula is C11H9ClO4. The number of halogens is 1. The normalized spacial score (nSPS) is 10.1. The van der Waals surface area contributed by atoms with Crippen LogP contribution in [0.4, 0.5) is 0 Å². The fourth-order valence-corrected chi connectivity index (χ4v) is 0.990. The highest BCUT2D eigenvalue weighted by Gasteiger charge is 2.00. The quantitative estimate of drug-likeness (QED) is 0.597. The third-order valence-corrected chi connectivity index (χ3v) is 1.81. The van der Waals surface area contributed by atoms with Gasteiger partial charge in [-0.1, -0.05) is 30.3 Å². The van der Waals surface area contributed by atoms with E-state index in [1.54, 1.807) is 0 Å². The van der Waals surface area contributed by atoms with Crippen LogP contribution in [0.15, 0.2) is 42.5 Å². The lowest BCUT2D eigenvalue weighted by molar-refractivity contribution is -0.139. The van der Waals surface area contributed by atoms with E-state index >= 15 is 0 Å². The molecular weight excluding hydrogens is 232 g/mol. The van der Waals surface area contributed by atoms with Crippen LogP contribution < -0.4 is 0 Å². The van der Waals surface area contributed by atoms with E-state index in [1.807, 2.05) is 30.3 Å². The standard InChI is InChI=1S/C11H9ClO4/c12-16-11(14)7-6-10(13)15-8-9-4-2-1-3-5-9/h1-7H,8H2/b7-6+. The van der Waals surface area contributed by atoms with E-state index in [-0.39, 0.29) is 6.61 Å². The minimum Gasteiger partial charge on any atom is -0.458 e. The minimum absolute atomic E-state index is 0.153. The van der Waals surface area contributed by atoms with E-state index in [2.05, 4.69) is 4.29 Å². The lowest BCUT2D eigenvalue weighted by Gasteiger charge is -2.00. The average molecular weight is 241 g/mol. The van der Waals surface area contributed by atoms with Crippen LogP contribution >= 0.6 is 11.9 Å². The van der Waals surface area contributed by atoms with Crippen LogP contribution in [0.1, 0.15) is 5.56 Å². The molecule has 0 heterocycles. The molecule has 1 aromatic carbocycles. The van der Waals surface area contributed by atoms with E-state index < -0.39 is 11.9 Å². The van der Waals surface area contributed by atoms with Crippen LogP contribution in [0.5, 0.6) is 0 Å². The zero-order valence-corrected chi connectivity index (χ0v) is 9.02. The summed E-state index contributed by atoms with van der Waals surface area (Å²) in [6, 6.07) is 9.18. The third-order valence-electron chi connectivity index (χ3n) is 1.66. The Morgan fingerprint density at radius 2 is 1.75 bits per heavy atom. The monoisotopic (exact) mass is 240 g/mol. The van der Waals surface area contributed by atoms with Gasteiger partial charge in [0.2, 0.25) is 0 Å². The van der Waals surface area contributed by atoms with Gasteiger partial charge in [-0.3, -0.25) is 0 Å². The van der Waals surface area contributed by atoms with Crippen molar-refractivity contribution < 1.29 is 18.6 Å². The molecule has 84 valence electrons. The van der Waals surface area contributed by atoms with Crippen molar-refractivity contribution in [3.8, 4) is 0 Å². The number of rotatable bonds is 4. The molecule has 0 saturated carbocycles. The fourth-order valence-electron chi connectivity index (χ4n) is 0.939. The summed E-state index contributed by atoms with van der Waals surface area (Å²) in [6.07, 6.45) is 1.84. The predicted molar refractivity (Wildman–Crippen MR) is 57.3 cm³/mol. The Labute approximate surface area is 97.6 Å². The van der Waals surface area contributed by atoms with Crippen LogP contribution in [-0.2, 0) is 25.2 Å². The molecule has 0 aliphatic rings. The zero-order valence-electron chi connectivity index (χ0n) is 8.26. The van der Waals surface area contributed by atoms with Gasteiger partial charge in [-0.2, -0.15) is 0 Å². The molecule has 0 spiro atoms. The fraction of sp³-hybridized carbons (Fsp3) is 0.0909. The Morgan fingerprint density at radius 3 is 2.38 bits per heavy atom. The second kappa shape index (κ2) is 6.63. The van der Waals surface area contributed by atoms with Crippen molar-refractivity contribution >= 4 is 23.8 Å². The van der Waals surface area contributed by atoms with E-state index in [9.17, 15) is 9.59 Å². The number of hydrogen-bond acceptors (Lipinski definition) is 4. The first-order valence-corrected chi connectivity index (χ1v) is 4.74. The van der Waals surface area contributed by atoms with Gasteiger partial charge in [0.05, 0.1) is 0 Å². The van der Waals surface area contributed by atoms with Crippen LogP contribution in [0.25, 0.3) is 0 Å². The number of esters is 1. The van der Waals surface area contributed by atoms with Gasteiger partial charge in [-0.05, 0) is 5.56 Å². The van der Waals surface area contributed by atoms with Crippen molar-refractivity contribution in [1.29, 1.82) is 0 Å². The van der Waals surface area contributed by atoms with Crippen LogP contribution in [-0.4, -0.2) is 11.9 Å². The van der Waals surface area contributed by atoms with Crippen molar-refractivity contribution in [1.82, 2.24) is 0 Å². The summed E-state index contributed by atoms with van der Waals surface area (Å²) in [5.41, 5.74) is 0.865. The summed E-state index contributed by atoms with van der Waals surface area (Å²) in [4.78, 5) is 21.6. The molecule has 0 amide bonds. The highest BCUT2D eigenvalue weighted by molar-refractivity contribution is 6.15. The van der Waals surface area contributed by atoms with Crippen LogP contribution in [0.2, 0.25) is 0 Å². The Bertz CT molecular complexity index is 386. The molecule has 16 heavy (non-hydrogen) atoms. The molecule has 0 N–H and O–H groups in total. The van der Waals surface area contributed by atoms with Gasteiger partial charge in [-0.15, -0.1) is 0 Å². The smallest absolute Gasteiger partial charge is 0.349 e. The van der Waals surface area contributed by atoms with Crippen molar-refractivity contribution in [2.45, 2.75) is 6.61 Å². The minimum atomic E-state index is -0.821. The number of carbonyl (C=O) groups is 2. The Balaban J connectivity index is 2.36. The first-order chi connectivity index (χ1) is 7.72. The lowest BCUT2D eigenvalue weighted by atomic mass is 10.2. The molecule has 0 aromatic heterocycles. The molecule has 0 bridgehead atoms. The first kappa shape index (κ1) is 12.3. The summed E-state index contributed by atoms with van der Waals surface area (Å²) in [5, 5.41) is 0. The molecule has 0 radical (unpaired) electrons. The Hall–Kier alpha value is -1.81. The largest absolute Gasteiger partial charge is 0.458 e. The van der Waals surface area contributed by atoms with Gasteiger partial charge in [-0.25, -0.2) is 9.59 Å². The molecule has 1 rings (SSSR count). The lowest BCUT2D eigenvalue weighted by Crippen LogP contribution is -2.02. The number of ether oxygens (including phenoxy) is 1. The predicted octanol–water partition coefficient (Wildman–Crippen LogP) is 1.98. The molecule has 5 heteroatoms. The average Bonchev–Trinajstić information content (AvgIpc) is 2.34. The highest BCUT2D eigenvalue weighted by atomic mass is 35.5. The Morgan fingerprint density at radius 1 is 1.12 bits per heavy atom. The summed E-state index contributed by atoms with van der Waals surface area (Å²) in [6.45, 7) is 0.153. The molecule has 0 saturated heterocycles. The summed E-state index contributed by atoms with van der Waals surface area (Å²) >= 11 is 4.76. The van der Waals surface area contributed by atoms with Crippen molar-refractivity contribution in [3.05, 3.63) is 48.0 Å². The highest BCUT2D eigenvalue weighted by Crippen LogP contribution is 2.00. The molecule has 0 unspecified atom stereocenters. The molecule has 0 aliphatic carbocycles. The maximum Gasteiger partial charge on any atom is 0.349 e. The number of hydrogen-bond donors (Lipinski definition) is 0. The zero-order chi connectivity index (χ0) is 11.8. The van der Waals surface area contributed by atoms with Crippen molar-refractivity contribution in [2.75, 3.05) is 0 Å². The van der Waals surface area contributed by atoms with Gasteiger partial charge in [0.1, 0.15) is 18.5 Å². The number of carbonyl (C=O) groups excluding carboxylic acids is 2. The van der Waals surface area contributed by atoms with E-state index in [0.29, 0.717) is 0 Å². The molecule has 1 aromatic rings. The number of benzene rings is 1. The van der Waals surface area contributed by atoms with Gasteiger partial charge >= 0.3 is 11.9 Å². The molecule has 4 nitrogen and oxygen atoms in total. The summed E-state index contributed by atoms with van der Waals surface area (Å²) < 4.78 is 8.65. The van der Waals surface area contributed by atoms with E-state index in [0.717, 1.165) is 17.7 Å². The SMILES string of the molecule is O=C(/C=C/C(=O)OCc1ccccc1)OCl. The first-order valence-electron chi connectivity index (χ1n) is 4.43. The molecule has 0 fully saturated rings. The molecule has 0 atom stereocenters. The van der Waals surface area contributed by atoms with E-state index in [1.165, 1.54) is 0 Å². The van der Waals surface area contributed by atoms with Gasteiger partial charge in [0.25, 0.3) is 0 Å². The third kappa shape index (κ3) is 4.61. The van der Waals surface area contributed by atoms with E-state index in [4.69, 9.17) is 16.6 Å². The maximum atomic E-state index is 11.1.